The van der Waals surface area contributed by atoms with Crippen LogP contribution in [0.1, 0.15) is 32.0 Å². The highest BCUT2D eigenvalue weighted by Crippen LogP contribution is 2.15. The average molecular weight is 197 g/mol. The summed E-state index contributed by atoms with van der Waals surface area (Å²) < 4.78 is 5.06. The van der Waals surface area contributed by atoms with E-state index in [9.17, 15) is 0 Å². The zero-order chi connectivity index (χ0) is 10.6. The number of aryl methyl sites for hydroxylation is 1. The molecule has 4 heteroatoms. The van der Waals surface area contributed by atoms with Crippen LogP contribution in [0.5, 0.6) is 0 Å². The Bertz CT molecular complexity index is 270. The molecule has 80 valence electrons. The molecule has 0 saturated heterocycles. The fraction of sp³-hybridized carbons (Fsp3) is 0.800. The van der Waals surface area contributed by atoms with Crippen LogP contribution in [0.25, 0.3) is 0 Å². The van der Waals surface area contributed by atoms with Gasteiger partial charge in [-0.2, -0.15) is 4.98 Å². The minimum atomic E-state index is 0.454. The zero-order valence-corrected chi connectivity index (χ0v) is 9.16. The highest BCUT2D eigenvalue weighted by atomic mass is 16.5. The molecule has 1 aromatic heterocycles. The molecule has 0 amide bonds. The van der Waals surface area contributed by atoms with Crippen molar-refractivity contribution in [2.45, 2.75) is 33.6 Å². The van der Waals surface area contributed by atoms with Crippen molar-refractivity contribution < 1.29 is 4.52 Å². The van der Waals surface area contributed by atoms with Crippen molar-refractivity contribution in [1.29, 1.82) is 0 Å². The van der Waals surface area contributed by atoms with Gasteiger partial charge in [-0.05, 0) is 31.7 Å². The Balaban J connectivity index is 2.48. The summed E-state index contributed by atoms with van der Waals surface area (Å²) in [7, 11) is 0. The topological polar surface area (TPSA) is 64.9 Å². The van der Waals surface area contributed by atoms with E-state index in [1.807, 2.05) is 6.92 Å². The maximum Gasteiger partial charge on any atom is 0.226 e. The second-order valence-electron chi connectivity index (χ2n) is 4.17. The Morgan fingerprint density at radius 1 is 1.43 bits per heavy atom. The van der Waals surface area contributed by atoms with Gasteiger partial charge < -0.3 is 10.3 Å². The molecule has 2 N–H and O–H groups in total. The predicted octanol–water partition coefficient (Wildman–Crippen LogP) is 1.54. The summed E-state index contributed by atoms with van der Waals surface area (Å²) in [6.07, 6.45) is 1.91. The summed E-state index contributed by atoms with van der Waals surface area (Å²) in [5.41, 5.74) is 5.69. The third-order valence-corrected chi connectivity index (χ3v) is 2.17. The first-order valence-electron chi connectivity index (χ1n) is 5.11. The number of nitrogens with two attached hydrogens (primary N) is 1. The van der Waals surface area contributed by atoms with Gasteiger partial charge in [-0.1, -0.05) is 19.0 Å². The largest absolute Gasteiger partial charge is 0.339 e. The second-order valence-corrected chi connectivity index (χ2v) is 4.17. The molecule has 0 bridgehead atoms. The minimum absolute atomic E-state index is 0.454. The molecule has 0 saturated carbocycles. The van der Waals surface area contributed by atoms with Crippen LogP contribution in [0.2, 0.25) is 0 Å². The standard InChI is InChI=1S/C10H19N3O/c1-7(2)4-9(6-11)5-10-12-8(3)13-14-10/h7,9H,4-6,11H2,1-3H3/t9-/m0/s1. The van der Waals surface area contributed by atoms with Gasteiger partial charge in [0.2, 0.25) is 5.89 Å². The number of hydrogen-bond donors (Lipinski definition) is 1. The average Bonchev–Trinajstić information content (AvgIpc) is 2.49. The quantitative estimate of drug-likeness (QED) is 0.777. The fourth-order valence-corrected chi connectivity index (χ4v) is 1.60. The molecule has 0 aliphatic rings. The summed E-state index contributed by atoms with van der Waals surface area (Å²) >= 11 is 0. The lowest BCUT2D eigenvalue weighted by atomic mass is 9.94. The lowest BCUT2D eigenvalue weighted by Crippen LogP contribution is -2.19. The van der Waals surface area contributed by atoms with Gasteiger partial charge in [-0.3, -0.25) is 0 Å². The molecule has 0 radical (unpaired) electrons. The van der Waals surface area contributed by atoms with Crippen molar-refractivity contribution in [2.24, 2.45) is 17.6 Å². The summed E-state index contributed by atoms with van der Waals surface area (Å²) in [6, 6.07) is 0. The normalized spacial score (nSPS) is 13.5. The van der Waals surface area contributed by atoms with E-state index in [4.69, 9.17) is 10.3 Å². The van der Waals surface area contributed by atoms with Gasteiger partial charge >= 0.3 is 0 Å². The zero-order valence-electron chi connectivity index (χ0n) is 9.16. The van der Waals surface area contributed by atoms with Crippen LogP contribution < -0.4 is 5.73 Å². The van der Waals surface area contributed by atoms with Crippen LogP contribution in [-0.4, -0.2) is 16.7 Å². The van der Waals surface area contributed by atoms with Crippen LogP contribution >= 0.6 is 0 Å². The Kier molecular flexibility index (Phi) is 4.07. The fourth-order valence-electron chi connectivity index (χ4n) is 1.60. The Hall–Kier alpha value is -0.900. The molecule has 1 aromatic rings. The highest BCUT2D eigenvalue weighted by molar-refractivity contribution is 4.85. The maximum atomic E-state index is 5.69. The first kappa shape index (κ1) is 11.2. The molecule has 1 rings (SSSR count). The van der Waals surface area contributed by atoms with Gasteiger partial charge in [0.15, 0.2) is 5.82 Å². The van der Waals surface area contributed by atoms with Crippen molar-refractivity contribution in [3.05, 3.63) is 11.7 Å². The van der Waals surface area contributed by atoms with E-state index >= 15 is 0 Å². The third-order valence-electron chi connectivity index (χ3n) is 2.17. The van der Waals surface area contributed by atoms with Crippen LogP contribution in [0.15, 0.2) is 4.52 Å². The predicted molar refractivity (Wildman–Crippen MR) is 54.7 cm³/mol. The molecule has 0 aliphatic heterocycles. The van der Waals surface area contributed by atoms with Crippen molar-refractivity contribution in [3.63, 3.8) is 0 Å². The van der Waals surface area contributed by atoms with E-state index in [0.29, 0.717) is 30.1 Å². The number of aromatic nitrogens is 2. The van der Waals surface area contributed by atoms with Crippen molar-refractivity contribution in [1.82, 2.24) is 10.1 Å². The lowest BCUT2D eigenvalue weighted by molar-refractivity contribution is 0.330. The molecular weight excluding hydrogens is 178 g/mol. The first-order valence-corrected chi connectivity index (χ1v) is 5.11. The van der Waals surface area contributed by atoms with E-state index in [1.54, 1.807) is 0 Å². The molecule has 0 unspecified atom stereocenters. The summed E-state index contributed by atoms with van der Waals surface area (Å²) in [6.45, 7) is 6.90. The first-order chi connectivity index (χ1) is 6.61. The molecule has 1 atom stereocenters. The summed E-state index contributed by atoms with van der Waals surface area (Å²) in [5, 5.41) is 3.76. The molecule has 14 heavy (non-hydrogen) atoms. The molecule has 0 spiro atoms. The Morgan fingerprint density at radius 2 is 2.14 bits per heavy atom. The smallest absolute Gasteiger partial charge is 0.226 e. The molecular formula is C10H19N3O. The SMILES string of the molecule is Cc1noc(C[C@@H](CN)CC(C)C)n1. The van der Waals surface area contributed by atoms with E-state index in [1.165, 1.54) is 0 Å². The van der Waals surface area contributed by atoms with Gasteiger partial charge in [0.1, 0.15) is 0 Å². The molecule has 0 aliphatic carbocycles. The van der Waals surface area contributed by atoms with E-state index < -0.39 is 0 Å². The Morgan fingerprint density at radius 3 is 2.57 bits per heavy atom. The number of nitrogens with zero attached hydrogens (tertiary/aromatic N) is 2. The van der Waals surface area contributed by atoms with Crippen molar-refractivity contribution >= 4 is 0 Å². The van der Waals surface area contributed by atoms with Crippen LogP contribution in [0.3, 0.4) is 0 Å². The molecule has 1 heterocycles. The van der Waals surface area contributed by atoms with E-state index in [0.717, 1.165) is 12.8 Å². The summed E-state index contributed by atoms with van der Waals surface area (Å²) in [5.74, 6) is 2.52. The van der Waals surface area contributed by atoms with Gasteiger partial charge in [-0.25, -0.2) is 0 Å². The molecule has 0 fully saturated rings. The monoisotopic (exact) mass is 197 g/mol. The van der Waals surface area contributed by atoms with Gasteiger partial charge in [0, 0.05) is 6.42 Å². The minimum Gasteiger partial charge on any atom is -0.339 e. The van der Waals surface area contributed by atoms with E-state index in [2.05, 4.69) is 24.0 Å². The van der Waals surface area contributed by atoms with Gasteiger partial charge in [0.05, 0.1) is 0 Å². The van der Waals surface area contributed by atoms with Crippen LogP contribution in [0, 0.1) is 18.8 Å². The number of hydrogen-bond acceptors (Lipinski definition) is 4. The number of rotatable bonds is 5. The lowest BCUT2D eigenvalue weighted by Gasteiger charge is -2.14. The third kappa shape index (κ3) is 3.46. The Labute approximate surface area is 84.9 Å². The van der Waals surface area contributed by atoms with Crippen LogP contribution in [-0.2, 0) is 6.42 Å². The second kappa shape index (κ2) is 5.10. The van der Waals surface area contributed by atoms with Crippen molar-refractivity contribution in [3.8, 4) is 0 Å². The van der Waals surface area contributed by atoms with E-state index in [-0.39, 0.29) is 0 Å². The van der Waals surface area contributed by atoms with Gasteiger partial charge in [0.25, 0.3) is 0 Å². The molecule has 4 nitrogen and oxygen atoms in total. The maximum absolute atomic E-state index is 5.69. The summed E-state index contributed by atoms with van der Waals surface area (Å²) in [4.78, 5) is 4.17. The van der Waals surface area contributed by atoms with Crippen LogP contribution in [0.4, 0.5) is 0 Å². The van der Waals surface area contributed by atoms with Crippen molar-refractivity contribution in [2.75, 3.05) is 6.54 Å². The van der Waals surface area contributed by atoms with Gasteiger partial charge in [-0.15, -0.1) is 0 Å². The molecule has 0 aromatic carbocycles. The highest BCUT2D eigenvalue weighted by Gasteiger charge is 2.13.